The van der Waals surface area contributed by atoms with Gasteiger partial charge in [-0.25, -0.2) is 17.5 Å². The third kappa shape index (κ3) is 5.00. The van der Waals surface area contributed by atoms with Crippen molar-refractivity contribution >= 4 is 27.5 Å². The van der Waals surface area contributed by atoms with E-state index in [-0.39, 0.29) is 31.3 Å². The smallest absolute Gasteiger partial charge is 0.228 e. The summed E-state index contributed by atoms with van der Waals surface area (Å²) >= 11 is 0. The van der Waals surface area contributed by atoms with E-state index in [2.05, 4.69) is 15.4 Å². The first-order valence-corrected chi connectivity index (χ1v) is 8.97. The van der Waals surface area contributed by atoms with Gasteiger partial charge >= 0.3 is 0 Å². The molecule has 1 aliphatic heterocycles. The molecule has 1 aliphatic rings. The summed E-state index contributed by atoms with van der Waals surface area (Å²) in [6.45, 7) is 0.488. The Balaban J connectivity index is 1.94. The second kappa shape index (κ2) is 7.05. The third-order valence-corrected chi connectivity index (χ3v) is 4.12. The second-order valence-corrected chi connectivity index (χ2v) is 7.18. The number of fused-ring (bicyclic) bond motifs is 1. The van der Waals surface area contributed by atoms with E-state index >= 15 is 0 Å². The van der Waals surface area contributed by atoms with Gasteiger partial charge in [0.2, 0.25) is 21.8 Å². The zero-order valence-corrected chi connectivity index (χ0v) is 13.4. The summed E-state index contributed by atoms with van der Waals surface area (Å²) in [5.41, 5.74) is 0.873. The fraction of sp³-hybridized carbons (Fsp3) is 0.429. The molecule has 0 saturated carbocycles. The molecule has 3 N–H and O–H groups in total. The van der Waals surface area contributed by atoms with E-state index in [0.29, 0.717) is 17.7 Å². The van der Waals surface area contributed by atoms with E-state index in [1.165, 1.54) is 18.2 Å². The molecule has 2 amide bonds. The molecule has 1 heterocycles. The van der Waals surface area contributed by atoms with Gasteiger partial charge in [0.15, 0.2) is 0 Å². The highest BCUT2D eigenvalue weighted by atomic mass is 32.2. The first kappa shape index (κ1) is 17.4. The van der Waals surface area contributed by atoms with Gasteiger partial charge in [0.1, 0.15) is 5.82 Å². The van der Waals surface area contributed by atoms with Gasteiger partial charge < -0.3 is 10.6 Å². The molecule has 9 heteroatoms. The van der Waals surface area contributed by atoms with Crippen molar-refractivity contribution in [1.29, 1.82) is 0 Å². The molecule has 1 aromatic carbocycles. The molecule has 0 radical (unpaired) electrons. The van der Waals surface area contributed by atoms with Crippen molar-refractivity contribution in [2.45, 2.75) is 18.8 Å². The highest BCUT2D eigenvalue weighted by molar-refractivity contribution is 7.88. The molecule has 23 heavy (non-hydrogen) atoms. The summed E-state index contributed by atoms with van der Waals surface area (Å²) in [4.78, 5) is 23.9. The number of sulfonamides is 1. The molecule has 1 atom stereocenters. The minimum absolute atomic E-state index is 0.00788. The van der Waals surface area contributed by atoms with Crippen LogP contribution in [-0.4, -0.2) is 39.6 Å². The first-order chi connectivity index (χ1) is 10.8. The van der Waals surface area contributed by atoms with Gasteiger partial charge in [0, 0.05) is 25.2 Å². The van der Waals surface area contributed by atoms with Crippen LogP contribution in [0.25, 0.3) is 0 Å². The van der Waals surface area contributed by atoms with Crippen LogP contribution in [0.3, 0.4) is 0 Å². The van der Waals surface area contributed by atoms with Gasteiger partial charge in [-0.2, -0.15) is 0 Å². The predicted molar refractivity (Wildman–Crippen MR) is 82.9 cm³/mol. The molecule has 0 fully saturated rings. The summed E-state index contributed by atoms with van der Waals surface area (Å²) in [6, 6.07) is 3.91. The zero-order chi connectivity index (χ0) is 17.0. The molecule has 1 unspecified atom stereocenters. The predicted octanol–water partition coefficient (Wildman–Crippen LogP) is 0.307. The summed E-state index contributed by atoms with van der Waals surface area (Å²) in [7, 11) is -3.25. The number of hydrogen-bond acceptors (Lipinski definition) is 4. The van der Waals surface area contributed by atoms with Gasteiger partial charge in [-0.05, 0) is 24.1 Å². The monoisotopic (exact) mass is 343 g/mol. The van der Waals surface area contributed by atoms with Crippen molar-refractivity contribution in [3.05, 3.63) is 29.6 Å². The Morgan fingerprint density at radius 2 is 2.13 bits per heavy atom. The highest BCUT2D eigenvalue weighted by Gasteiger charge is 2.30. The van der Waals surface area contributed by atoms with Crippen LogP contribution in [0.1, 0.15) is 24.3 Å². The molecule has 0 aromatic heterocycles. The molecular formula is C14H18FN3O4S. The van der Waals surface area contributed by atoms with E-state index in [1.807, 2.05) is 0 Å². The third-order valence-electron chi connectivity index (χ3n) is 3.39. The molecule has 126 valence electrons. The van der Waals surface area contributed by atoms with Crippen LogP contribution in [-0.2, 0) is 19.6 Å². The Labute approximate surface area is 133 Å². The zero-order valence-electron chi connectivity index (χ0n) is 12.6. The lowest BCUT2D eigenvalue weighted by molar-refractivity contribution is -0.126. The number of anilines is 1. The average Bonchev–Trinajstić information content (AvgIpc) is 2.44. The molecule has 0 saturated heterocycles. The number of hydrogen-bond donors (Lipinski definition) is 3. The van der Waals surface area contributed by atoms with Crippen LogP contribution in [0.15, 0.2) is 18.2 Å². The lowest BCUT2D eigenvalue weighted by Crippen LogP contribution is -2.36. The molecule has 1 aromatic rings. The largest absolute Gasteiger partial charge is 0.356 e. The highest BCUT2D eigenvalue weighted by Crippen LogP contribution is 2.32. The summed E-state index contributed by atoms with van der Waals surface area (Å²) < 4.78 is 37.4. The lowest BCUT2D eigenvalue weighted by atomic mass is 9.89. The molecule has 0 spiro atoms. The Hall–Kier alpha value is -2.00. The average molecular weight is 343 g/mol. The topological polar surface area (TPSA) is 104 Å². The Kier molecular flexibility index (Phi) is 5.32. The molecule has 2 rings (SSSR count). The maximum absolute atomic E-state index is 13.2. The van der Waals surface area contributed by atoms with Gasteiger partial charge in [-0.15, -0.1) is 0 Å². The van der Waals surface area contributed by atoms with E-state index < -0.39 is 21.8 Å². The summed E-state index contributed by atoms with van der Waals surface area (Å²) in [6.07, 6.45) is 1.47. The molecule has 0 aliphatic carbocycles. The van der Waals surface area contributed by atoms with Crippen LogP contribution >= 0.6 is 0 Å². The SMILES string of the molecule is CS(=O)(=O)NCCCNC(=O)C1CC(=O)Nc2cc(F)ccc21. The number of halogens is 1. The molecule has 7 nitrogen and oxygen atoms in total. The number of carbonyl (C=O) groups is 2. The normalized spacial score (nSPS) is 17.3. The number of amides is 2. The molecular weight excluding hydrogens is 325 g/mol. The van der Waals surface area contributed by atoms with Crippen LogP contribution in [0, 0.1) is 5.82 Å². The number of nitrogens with one attached hydrogen (secondary N) is 3. The van der Waals surface area contributed by atoms with Crippen molar-refractivity contribution in [3.63, 3.8) is 0 Å². The van der Waals surface area contributed by atoms with Crippen molar-refractivity contribution in [2.75, 3.05) is 24.7 Å². The van der Waals surface area contributed by atoms with Crippen molar-refractivity contribution < 1.29 is 22.4 Å². The van der Waals surface area contributed by atoms with Crippen molar-refractivity contribution in [1.82, 2.24) is 10.0 Å². The lowest BCUT2D eigenvalue weighted by Gasteiger charge is -2.24. The van der Waals surface area contributed by atoms with E-state index in [0.717, 1.165) is 6.26 Å². The van der Waals surface area contributed by atoms with Crippen LogP contribution in [0.4, 0.5) is 10.1 Å². The first-order valence-electron chi connectivity index (χ1n) is 7.08. The molecule has 0 bridgehead atoms. The fourth-order valence-corrected chi connectivity index (χ4v) is 2.87. The second-order valence-electron chi connectivity index (χ2n) is 5.35. The maximum Gasteiger partial charge on any atom is 0.228 e. The maximum atomic E-state index is 13.2. The number of carbonyl (C=O) groups excluding carboxylic acids is 2. The van der Waals surface area contributed by atoms with Gasteiger partial charge in [-0.3, -0.25) is 9.59 Å². The van der Waals surface area contributed by atoms with Crippen LogP contribution in [0.2, 0.25) is 0 Å². The van der Waals surface area contributed by atoms with Crippen molar-refractivity contribution in [3.8, 4) is 0 Å². The minimum atomic E-state index is -3.25. The number of benzene rings is 1. The van der Waals surface area contributed by atoms with Gasteiger partial charge in [0.25, 0.3) is 0 Å². The standard InChI is InChI=1S/C14H18FN3O4S/c1-23(21,22)17-6-2-5-16-14(20)11-8-13(19)18-12-7-9(15)3-4-10(11)12/h3-4,7,11,17H,2,5-6,8H2,1H3,(H,16,20)(H,18,19). The summed E-state index contributed by atoms with van der Waals surface area (Å²) in [5, 5.41) is 5.21. The Morgan fingerprint density at radius 1 is 1.39 bits per heavy atom. The fourth-order valence-electron chi connectivity index (χ4n) is 2.35. The van der Waals surface area contributed by atoms with E-state index in [9.17, 15) is 22.4 Å². The Bertz CT molecular complexity index is 721. The Morgan fingerprint density at radius 3 is 2.83 bits per heavy atom. The van der Waals surface area contributed by atoms with E-state index in [1.54, 1.807) is 0 Å². The summed E-state index contributed by atoms with van der Waals surface area (Å²) in [5.74, 6) is -1.85. The van der Waals surface area contributed by atoms with Crippen LogP contribution in [0.5, 0.6) is 0 Å². The van der Waals surface area contributed by atoms with Crippen molar-refractivity contribution in [2.24, 2.45) is 0 Å². The van der Waals surface area contributed by atoms with Crippen LogP contribution < -0.4 is 15.4 Å². The van der Waals surface area contributed by atoms with E-state index in [4.69, 9.17) is 0 Å². The van der Waals surface area contributed by atoms with Gasteiger partial charge in [-0.1, -0.05) is 6.07 Å². The van der Waals surface area contributed by atoms with Gasteiger partial charge in [0.05, 0.1) is 12.2 Å². The minimum Gasteiger partial charge on any atom is -0.356 e. The number of rotatable bonds is 6. The quantitative estimate of drug-likeness (QED) is 0.647.